The molecule has 0 aromatic carbocycles. The Hall–Kier alpha value is -1.75. The Bertz CT molecular complexity index is 434. The second-order valence-electron chi connectivity index (χ2n) is 2.94. The van der Waals surface area contributed by atoms with Crippen molar-refractivity contribution >= 4 is 0 Å². The Labute approximate surface area is 81.4 Å². The highest BCUT2D eigenvalue weighted by Crippen LogP contribution is 2.15. The topological polar surface area (TPSA) is 80.5 Å². The number of aromatic nitrogens is 4. The summed E-state index contributed by atoms with van der Waals surface area (Å²) < 4.78 is 0. The minimum atomic E-state index is 0.402. The number of nitrogens with zero attached hydrogens (tertiary/aromatic N) is 3. The Morgan fingerprint density at radius 3 is 2.71 bits per heavy atom. The van der Waals surface area contributed by atoms with Crippen LogP contribution in [0.5, 0.6) is 0 Å². The number of aryl methyl sites for hydroxylation is 1. The van der Waals surface area contributed by atoms with E-state index >= 15 is 0 Å². The molecule has 2 aromatic rings. The molecule has 0 amide bonds. The van der Waals surface area contributed by atoms with Crippen molar-refractivity contribution in [1.82, 2.24) is 19.9 Å². The van der Waals surface area contributed by atoms with Crippen molar-refractivity contribution in [3.63, 3.8) is 0 Å². The summed E-state index contributed by atoms with van der Waals surface area (Å²) in [7, 11) is 0. The third-order valence-corrected chi connectivity index (χ3v) is 1.96. The van der Waals surface area contributed by atoms with Crippen molar-refractivity contribution in [2.24, 2.45) is 5.73 Å². The Morgan fingerprint density at radius 1 is 1.29 bits per heavy atom. The standard InChI is InChI=1S/C9H11N5/c1-6-9(12-3-2-11-6)7-5-13-8(4-10)14-7/h2-3,5H,4,10H2,1H3,(H,13,14). The van der Waals surface area contributed by atoms with E-state index in [1.165, 1.54) is 0 Å². The quantitative estimate of drug-likeness (QED) is 0.726. The molecule has 2 heterocycles. The maximum atomic E-state index is 5.45. The Morgan fingerprint density at radius 2 is 2.07 bits per heavy atom. The molecule has 0 aliphatic rings. The summed E-state index contributed by atoms with van der Waals surface area (Å²) in [5.41, 5.74) is 8.00. The predicted octanol–water partition coefficient (Wildman–Crippen LogP) is 0.634. The summed E-state index contributed by atoms with van der Waals surface area (Å²) in [6, 6.07) is 0. The number of nitrogens with one attached hydrogen (secondary N) is 1. The zero-order chi connectivity index (χ0) is 9.97. The van der Waals surface area contributed by atoms with Crippen LogP contribution in [0.4, 0.5) is 0 Å². The molecular weight excluding hydrogens is 178 g/mol. The van der Waals surface area contributed by atoms with Gasteiger partial charge in [0.05, 0.1) is 24.1 Å². The molecule has 0 unspecified atom stereocenters. The molecule has 0 aliphatic carbocycles. The van der Waals surface area contributed by atoms with Crippen molar-refractivity contribution in [2.75, 3.05) is 0 Å². The highest BCUT2D eigenvalue weighted by molar-refractivity contribution is 5.55. The molecule has 5 heteroatoms. The molecule has 5 nitrogen and oxygen atoms in total. The van der Waals surface area contributed by atoms with E-state index in [-0.39, 0.29) is 0 Å². The smallest absolute Gasteiger partial charge is 0.120 e. The van der Waals surface area contributed by atoms with Crippen LogP contribution in [0.3, 0.4) is 0 Å². The van der Waals surface area contributed by atoms with E-state index in [0.29, 0.717) is 6.54 Å². The van der Waals surface area contributed by atoms with E-state index in [2.05, 4.69) is 19.9 Å². The first-order valence-electron chi connectivity index (χ1n) is 4.33. The Balaban J connectivity index is 2.44. The lowest BCUT2D eigenvalue weighted by molar-refractivity contribution is 0.949. The summed E-state index contributed by atoms with van der Waals surface area (Å²) in [6.45, 7) is 2.31. The summed E-state index contributed by atoms with van der Waals surface area (Å²) in [6.07, 6.45) is 5.05. The normalized spacial score (nSPS) is 10.4. The van der Waals surface area contributed by atoms with Crippen LogP contribution in [0.2, 0.25) is 0 Å². The van der Waals surface area contributed by atoms with Crippen molar-refractivity contribution in [3.8, 4) is 11.4 Å². The first kappa shape index (κ1) is 8.83. The van der Waals surface area contributed by atoms with Gasteiger partial charge in [-0.25, -0.2) is 4.98 Å². The summed E-state index contributed by atoms with van der Waals surface area (Å²) in [5, 5.41) is 0. The molecule has 0 saturated heterocycles. The van der Waals surface area contributed by atoms with E-state index in [1.54, 1.807) is 18.6 Å². The van der Waals surface area contributed by atoms with Crippen molar-refractivity contribution in [1.29, 1.82) is 0 Å². The molecule has 0 aliphatic heterocycles. The van der Waals surface area contributed by atoms with Gasteiger partial charge in [0.2, 0.25) is 0 Å². The first-order chi connectivity index (χ1) is 6.81. The lowest BCUT2D eigenvalue weighted by Gasteiger charge is -1.98. The van der Waals surface area contributed by atoms with Crippen LogP contribution in [-0.4, -0.2) is 19.9 Å². The second kappa shape index (κ2) is 3.55. The lowest BCUT2D eigenvalue weighted by Crippen LogP contribution is -1.98. The third-order valence-electron chi connectivity index (χ3n) is 1.96. The molecule has 0 atom stereocenters. The zero-order valence-electron chi connectivity index (χ0n) is 7.86. The van der Waals surface area contributed by atoms with Gasteiger partial charge < -0.3 is 10.7 Å². The van der Waals surface area contributed by atoms with E-state index in [0.717, 1.165) is 22.9 Å². The van der Waals surface area contributed by atoms with E-state index in [1.807, 2.05) is 6.92 Å². The average Bonchev–Trinajstić information content (AvgIpc) is 2.67. The monoisotopic (exact) mass is 189 g/mol. The van der Waals surface area contributed by atoms with Crippen LogP contribution in [0.25, 0.3) is 11.4 Å². The number of H-pyrrole nitrogens is 1. The predicted molar refractivity (Wildman–Crippen MR) is 52.2 cm³/mol. The van der Waals surface area contributed by atoms with Crippen LogP contribution in [0.1, 0.15) is 11.5 Å². The molecule has 2 rings (SSSR count). The molecule has 0 radical (unpaired) electrons. The van der Waals surface area contributed by atoms with Gasteiger partial charge in [-0.3, -0.25) is 9.97 Å². The van der Waals surface area contributed by atoms with Crippen molar-refractivity contribution in [2.45, 2.75) is 13.5 Å². The number of imidazole rings is 1. The van der Waals surface area contributed by atoms with Gasteiger partial charge in [0.1, 0.15) is 11.5 Å². The number of hydrogen-bond acceptors (Lipinski definition) is 4. The van der Waals surface area contributed by atoms with Gasteiger partial charge in [-0.2, -0.15) is 0 Å². The molecule has 72 valence electrons. The molecule has 14 heavy (non-hydrogen) atoms. The maximum Gasteiger partial charge on any atom is 0.120 e. The summed E-state index contributed by atoms with van der Waals surface area (Å²) in [5.74, 6) is 0.755. The van der Waals surface area contributed by atoms with Gasteiger partial charge in [-0.1, -0.05) is 0 Å². The van der Waals surface area contributed by atoms with Gasteiger partial charge in [0, 0.05) is 12.4 Å². The van der Waals surface area contributed by atoms with E-state index < -0.39 is 0 Å². The highest BCUT2D eigenvalue weighted by Gasteiger charge is 2.06. The maximum absolute atomic E-state index is 5.45. The second-order valence-corrected chi connectivity index (χ2v) is 2.94. The van der Waals surface area contributed by atoms with Gasteiger partial charge >= 0.3 is 0 Å². The molecule has 0 spiro atoms. The molecule has 0 saturated carbocycles. The molecule has 3 N–H and O–H groups in total. The van der Waals surface area contributed by atoms with Crippen LogP contribution < -0.4 is 5.73 Å². The molecule has 0 bridgehead atoms. The van der Waals surface area contributed by atoms with E-state index in [9.17, 15) is 0 Å². The highest BCUT2D eigenvalue weighted by atomic mass is 15.0. The fourth-order valence-corrected chi connectivity index (χ4v) is 1.26. The minimum Gasteiger partial charge on any atom is -0.340 e. The molecule has 2 aromatic heterocycles. The average molecular weight is 189 g/mol. The van der Waals surface area contributed by atoms with Crippen LogP contribution in [0.15, 0.2) is 18.6 Å². The van der Waals surface area contributed by atoms with Crippen molar-refractivity contribution < 1.29 is 0 Å². The lowest BCUT2D eigenvalue weighted by atomic mass is 10.2. The SMILES string of the molecule is Cc1nccnc1-c1cnc(CN)[nH]1. The number of nitrogens with two attached hydrogens (primary N) is 1. The fraction of sp³-hybridized carbons (Fsp3) is 0.222. The van der Waals surface area contributed by atoms with Gasteiger partial charge in [-0.15, -0.1) is 0 Å². The van der Waals surface area contributed by atoms with Crippen LogP contribution >= 0.6 is 0 Å². The van der Waals surface area contributed by atoms with Gasteiger partial charge in [-0.05, 0) is 6.92 Å². The van der Waals surface area contributed by atoms with Crippen LogP contribution in [0, 0.1) is 6.92 Å². The third kappa shape index (κ3) is 1.49. The number of rotatable bonds is 2. The Kier molecular flexibility index (Phi) is 2.24. The zero-order valence-corrected chi connectivity index (χ0v) is 7.86. The minimum absolute atomic E-state index is 0.402. The number of aromatic amines is 1. The largest absolute Gasteiger partial charge is 0.340 e. The first-order valence-corrected chi connectivity index (χ1v) is 4.33. The van der Waals surface area contributed by atoms with Gasteiger partial charge in [0.25, 0.3) is 0 Å². The van der Waals surface area contributed by atoms with Crippen molar-refractivity contribution in [3.05, 3.63) is 30.1 Å². The number of hydrogen-bond donors (Lipinski definition) is 2. The fourth-order valence-electron chi connectivity index (χ4n) is 1.26. The summed E-state index contributed by atoms with van der Waals surface area (Å²) in [4.78, 5) is 15.6. The van der Waals surface area contributed by atoms with Crippen LogP contribution in [-0.2, 0) is 6.54 Å². The molecular formula is C9H11N5. The summed E-state index contributed by atoms with van der Waals surface area (Å²) >= 11 is 0. The molecule has 0 fully saturated rings. The van der Waals surface area contributed by atoms with Gasteiger partial charge in [0.15, 0.2) is 0 Å². The van der Waals surface area contributed by atoms with E-state index in [4.69, 9.17) is 5.73 Å².